The van der Waals surface area contributed by atoms with Gasteiger partial charge in [0, 0.05) is 16.8 Å². The van der Waals surface area contributed by atoms with E-state index in [1.54, 1.807) is 18.3 Å². The SMILES string of the molecule is C/C=C(\C=C/N(C=O)Cc1c(F)cccc1Cl)CCCC.CC. The molecule has 23 heavy (non-hydrogen) atoms. The highest BCUT2D eigenvalue weighted by atomic mass is 35.5. The van der Waals surface area contributed by atoms with Crippen LogP contribution < -0.4 is 0 Å². The molecular weight excluding hydrogens is 313 g/mol. The average molecular weight is 340 g/mol. The van der Waals surface area contributed by atoms with Crippen LogP contribution in [-0.4, -0.2) is 11.3 Å². The molecule has 0 unspecified atom stereocenters. The minimum atomic E-state index is -0.403. The zero-order valence-electron chi connectivity index (χ0n) is 14.5. The highest BCUT2D eigenvalue weighted by Crippen LogP contribution is 2.20. The van der Waals surface area contributed by atoms with Crippen LogP contribution in [0.1, 0.15) is 52.5 Å². The summed E-state index contributed by atoms with van der Waals surface area (Å²) in [6, 6.07) is 4.50. The van der Waals surface area contributed by atoms with Gasteiger partial charge in [0.15, 0.2) is 0 Å². The number of nitrogens with zero attached hydrogens (tertiary/aromatic N) is 1. The van der Waals surface area contributed by atoms with Gasteiger partial charge in [0.25, 0.3) is 0 Å². The lowest BCUT2D eigenvalue weighted by Crippen LogP contribution is -2.15. The van der Waals surface area contributed by atoms with Crippen LogP contribution in [0.2, 0.25) is 5.02 Å². The van der Waals surface area contributed by atoms with Gasteiger partial charge in [-0.3, -0.25) is 4.79 Å². The molecule has 0 saturated heterocycles. The molecule has 128 valence electrons. The summed E-state index contributed by atoms with van der Waals surface area (Å²) < 4.78 is 13.7. The lowest BCUT2D eigenvalue weighted by molar-refractivity contribution is -0.116. The zero-order valence-corrected chi connectivity index (χ0v) is 15.2. The van der Waals surface area contributed by atoms with Gasteiger partial charge in [-0.2, -0.15) is 0 Å². The van der Waals surface area contributed by atoms with Crippen LogP contribution in [0, 0.1) is 5.82 Å². The maximum absolute atomic E-state index is 13.7. The van der Waals surface area contributed by atoms with E-state index in [1.165, 1.54) is 11.0 Å². The van der Waals surface area contributed by atoms with Crippen molar-refractivity contribution in [3.8, 4) is 0 Å². The van der Waals surface area contributed by atoms with Crippen molar-refractivity contribution < 1.29 is 9.18 Å². The van der Waals surface area contributed by atoms with E-state index in [0.717, 1.165) is 24.8 Å². The first-order chi connectivity index (χ1) is 11.1. The standard InChI is InChI=1S/C17H21ClFNO.C2H6/c1-3-5-7-14(4-2)10-11-20(13-21)12-15-16(18)8-6-9-17(15)19;1-2/h4,6,8-11,13H,3,5,7,12H2,1-2H3;1-2H3/b11-10-,14-4-;. The van der Waals surface area contributed by atoms with Crippen LogP contribution in [-0.2, 0) is 11.3 Å². The number of hydrogen-bond acceptors (Lipinski definition) is 1. The van der Waals surface area contributed by atoms with E-state index in [1.807, 2.05) is 32.9 Å². The quantitative estimate of drug-likeness (QED) is 0.413. The van der Waals surface area contributed by atoms with Crippen molar-refractivity contribution in [2.24, 2.45) is 0 Å². The second-order valence-corrected chi connectivity index (χ2v) is 5.17. The first-order valence-electron chi connectivity index (χ1n) is 8.09. The van der Waals surface area contributed by atoms with E-state index in [9.17, 15) is 9.18 Å². The first kappa shape index (κ1) is 21.4. The molecule has 1 amide bonds. The number of amides is 1. The molecule has 0 saturated carbocycles. The summed E-state index contributed by atoms with van der Waals surface area (Å²) in [4.78, 5) is 12.5. The third-order valence-corrected chi connectivity index (χ3v) is 3.56. The van der Waals surface area contributed by atoms with Crippen LogP contribution in [0.3, 0.4) is 0 Å². The lowest BCUT2D eigenvalue weighted by atomic mass is 10.1. The van der Waals surface area contributed by atoms with Crippen LogP contribution in [0.5, 0.6) is 0 Å². The Balaban J connectivity index is 0.00000232. The fourth-order valence-corrected chi connectivity index (χ4v) is 2.11. The van der Waals surface area contributed by atoms with Crippen molar-refractivity contribution in [2.75, 3.05) is 0 Å². The average Bonchev–Trinajstić information content (AvgIpc) is 2.58. The smallest absolute Gasteiger partial charge is 0.213 e. The minimum Gasteiger partial charge on any atom is -0.317 e. The molecular formula is C19H27ClFNO. The monoisotopic (exact) mass is 339 g/mol. The van der Waals surface area contributed by atoms with Crippen molar-refractivity contribution >= 4 is 18.0 Å². The van der Waals surface area contributed by atoms with E-state index in [4.69, 9.17) is 11.6 Å². The summed E-state index contributed by atoms with van der Waals surface area (Å²) in [6.45, 7) is 8.22. The Morgan fingerprint density at radius 2 is 2.04 bits per heavy atom. The van der Waals surface area contributed by atoms with Crippen molar-refractivity contribution in [3.05, 3.63) is 58.5 Å². The third-order valence-electron chi connectivity index (χ3n) is 3.21. The normalized spacial score (nSPS) is 11.1. The van der Waals surface area contributed by atoms with Gasteiger partial charge in [0.05, 0.1) is 6.54 Å². The predicted molar refractivity (Wildman–Crippen MR) is 96.8 cm³/mol. The highest BCUT2D eigenvalue weighted by Gasteiger charge is 2.09. The first-order valence-corrected chi connectivity index (χ1v) is 8.47. The second-order valence-electron chi connectivity index (χ2n) is 4.76. The maximum Gasteiger partial charge on any atom is 0.213 e. The summed E-state index contributed by atoms with van der Waals surface area (Å²) in [5.74, 6) is -0.403. The number of carbonyl (C=O) groups excluding carboxylic acids is 1. The van der Waals surface area contributed by atoms with Gasteiger partial charge in [-0.1, -0.05) is 56.5 Å². The molecule has 0 aliphatic carbocycles. The Labute approximate surface area is 144 Å². The molecule has 0 aromatic heterocycles. The summed E-state index contributed by atoms with van der Waals surface area (Å²) in [5, 5.41) is 0.326. The lowest BCUT2D eigenvalue weighted by Gasteiger charge is -2.14. The van der Waals surface area contributed by atoms with Crippen LogP contribution in [0.15, 0.2) is 42.1 Å². The van der Waals surface area contributed by atoms with Crippen LogP contribution >= 0.6 is 11.6 Å². The maximum atomic E-state index is 13.7. The predicted octanol–water partition coefficient (Wildman–Crippen LogP) is 6.11. The fourth-order valence-electron chi connectivity index (χ4n) is 1.89. The van der Waals surface area contributed by atoms with Crippen molar-refractivity contribution in [1.82, 2.24) is 4.90 Å². The molecule has 0 bridgehead atoms. The molecule has 1 aromatic carbocycles. The number of hydrogen-bond donors (Lipinski definition) is 0. The van der Waals surface area contributed by atoms with Gasteiger partial charge in [0.2, 0.25) is 6.41 Å². The van der Waals surface area contributed by atoms with Crippen LogP contribution in [0.4, 0.5) is 4.39 Å². The molecule has 0 atom stereocenters. The zero-order chi connectivity index (χ0) is 17.7. The van der Waals surface area contributed by atoms with Gasteiger partial charge >= 0.3 is 0 Å². The molecule has 0 heterocycles. The molecule has 0 fully saturated rings. The highest BCUT2D eigenvalue weighted by molar-refractivity contribution is 6.31. The summed E-state index contributed by atoms with van der Waals surface area (Å²) in [7, 11) is 0. The van der Waals surface area contributed by atoms with Gasteiger partial charge in [-0.15, -0.1) is 0 Å². The second kappa shape index (κ2) is 12.9. The van der Waals surface area contributed by atoms with E-state index in [0.29, 0.717) is 17.0 Å². The fraction of sp³-hybridized carbons (Fsp3) is 0.421. The molecule has 4 heteroatoms. The molecule has 2 nitrogen and oxygen atoms in total. The Hall–Kier alpha value is -1.61. The van der Waals surface area contributed by atoms with Crippen molar-refractivity contribution in [2.45, 2.75) is 53.5 Å². The molecule has 0 aliphatic rings. The van der Waals surface area contributed by atoms with Gasteiger partial charge in [0.1, 0.15) is 5.82 Å². The summed E-state index contributed by atoms with van der Waals surface area (Å²) in [5.41, 5.74) is 1.48. The molecule has 1 aromatic rings. The number of rotatable bonds is 8. The molecule has 0 N–H and O–H groups in total. The molecule has 1 rings (SSSR count). The Morgan fingerprint density at radius 3 is 2.57 bits per heavy atom. The third kappa shape index (κ3) is 7.98. The van der Waals surface area contributed by atoms with Crippen LogP contribution in [0.25, 0.3) is 0 Å². The number of halogens is 2. The summed E-state index contributed by atoms with van der Waals surface area (Å²) in [6.07, 6.45) is 9.44. The molecule has 0 aliphatic heterocycles. The largest absolute Gasteiger partial charge is 0.317 e. The van der Waals surface area contributed by atoms with Gasteiger partial charge in [-0.05, 0) is 38.0 Å². The Kier molecular flexibility index (Phi) is 12.0. The number of unbranched alkanes of at least 4 members (excludes halogenated alkanes) is 1. The van der Waals surface area contributed by atoms with Gasteiger partial charge in [-0.25, -0.2) is 4.39 Å². The van der Waals surface area contributed by atoms with Crippen molar-refractivity contribution in [3.63, 3.8) is 0 Å². The molecule has 0 radical (unpaired) electrons. The van der Waals surface area contributed by atoms with Gasteiger partial charge < -0.3 is 4.90 Å². The Morgan fingerprint density at radius 1 is 1.35 bits per heavy atom. The summed E-state index contributed by atoms with van der Waals surface area (Å²) >= 11 is 5.97. The Bertz CT molecular complexity index is 506. The number of carbonyl (C=O) groups is 1. The topological polar surface area (TPSA) is 20.3 Å². The molecule has 0 spiro atoms. The van der Waals surface area contributed by atoms with Crippen molar-refractivity contribution in [1.29, 1.82) is 0 Å². The minimum absolute atomic E-state index is 0.121. The van der Waals surface area contributed by atoms with E-state index in [2.05, 4.69) is 6.92 Å². The van der Waals surface area contributed by atoms with E-state index < -0.39 is 5.82 Å². The number of benzene rings is 1. The number of allylic oxidation sites excluding steroid dienone is 3. The van der Waals surface area contributed by atoms with E-state index >= 15 is 0 Å². The van der Waals surface area contributed by atoms with E-state index in [-0.39, 0.29) is 6.54 Å².